The predicted molar refractivity (Wildman–Crippen MR) is 73.5 cm³/mol. The molecular weight excluding hydrogens is 355 g/mol. The van der Waals surface area contributed by atoms with Crippen LogP contribution in [0.4, 0.5) is 13.2 Å². The summed E-state index contributed by atoms with van der Waals surface area (Å²) in [5.74, 6) is -1.68. The number of carbonyl (C=O) groups excluding carboxylic acids is 1. The predicted octanol–water partition coefficient (Wildman–Crippen LogP) is 3.37. The van der Waals surface area contributed by atoms with Gasteiger partial charge in [-0.2, -0.15) is 13.2 Å². The van der Waals surface area contributed by atoms with Crippen molar-refractivity contribution in [3.05, 3.63) is 27.7 Å². The molecule has 1 aromatic carbocycles. The van der Waals surface area contributed by atoms with E-state index in [-0.39, 0.29) is 10.0 Å². The number of hydrogen-bond donors (Lipinski definition) is 2. The first-order valence-corrected chi connectivity index (χ1v) is 6.65. The molecule has 1 atom stereocenters. The number of nitrogens with two attached hydrogens (primary N) is 1. The maximum atomic E-state index is 12.9. The average molecular weight is 370 g/mol. The molecule has 0 aliphatic rings. The zero-order chi connectivity index (χ0) is 16.6. The number of rotatable bonds is 3. The van der Waals surface area contributed by atoms with Crippen molar-refractivity contribution < 1.29 is 27.8 Å². The molecule has 21 heavy (non-hydrogen) atoms. The first-order chi connectivity index (χ1) is 9.42. The summed E-state index contributed by atoms with van der Waals surface area (Å²) in [6, 6.07) is 0.819. The zero-order valence-electron chi connectivity index (χ0n) is 11.6. The van der Waals surface area contributed by atoms with E-state index < -0.39 is 34.9 Å². The molecule has 0 amide bonds. The fourth-order valence-electron chi connectivity index (χ4n) is 1.85. The van der Waals surface area contributed by atoms with Crippen LogP contribution in [-0.4, -0.2) is 18.2 Å². The largest absolute Gasteiger partial charge is 0.507 e. The van der Waals surface area contributed by atoms with E-state index in [1.54, 1.807) is 0 Å². The lowest BCUT2D eigenvalue weighted by Gasteiger charge is -2.30. The molecule has 8 heteroatoms. The number of esters is 1. The lowest BCUT2D eigenvalue weighted by Crippen LogP contribution is -2.37. The van der Waals surface area contributed by atoms with Crippen LogP contribution in [0.3, 0.4) is 0 Å². The van der Waals surface area contributed by atoms with E-state index in [9.17, 15) is 23.1 Å². The van der Waals surface area contributed by atoms with Gasteiger partial charge in [-0.25, -0.2) is 0 Å². The van der Waals surface area contributed by atoms with Gasteiger partial charge in [0.1, 0.15) is 5.75 Å². The van der Waals surface area contributed by atoms with E-state index in [1.165, 1.54) is 19.9 Å². The Balaban J connectivity index is 3.44. The van der Waals surface area contributed by atoms with E-state index in [4.69, 9.17) is 5.73 Å². The van der Waals surface area contributed by atoms with Gasteiger partial charge in [-0.1, -0.05) is 15.9 Å². The van der Waals surface area contributed by atoms with Crippen molar-refractivity contribution in [3.8, 4) is 5.75 Å². The van der Waals surface area contributed by atoms with Crippen LogP contribution in [0.5, 0.6) is 5.75 Å². The number of halogens is 4. The van der Waals surface area contributed by atoms with Gasteiger partial charge < -0.3 is 15.6 Å². The molecule has 0 saturated heterocycles. The molecule has 0 aliphatic heterocycles. The topological polar surface area (TPSA) is 72.5 Å². The van der Waals surface area contributed by atoms with Crippen LogP contribution < -0.4 is 5.73 Å². The van der Waals surface area contributed by atoms with Gasteiger partial charge in [-0.15, -0.1) is 0 Å². The lowest BCUT2D eigenvalue weighted by molar-refractivity contribution is -0.152. The molecule has 0 radical (unpaired) electrons. The van der Waals surface area contributed by atoms with Crippen LogP contribution in [0.25, 0.3) is 0 Å². The second-order valence-corrected chi connectivity index (χ2v) is 6.00. The van der Waals surface area contributed by atoms with Gasteiger partial charge in [0.25, 0.3) is 0 Å². The van der Waals surface area contributed by atoms with Crippen molar-refractivity contribution >= 4 is 21.9 Å². The van der Waals surface area contributed by atoms with E-state index in [0.717, 1.165) is 13.2 Å². The van der Waals surface area contributed by atoms with Gasteiger partial charge in [0.05, 0.1) is 18.1 Å². The maximum absolute atomic E-state index is 12.9. The quantitative estimate of drug-likeness (QED) is 0.801. The Morgan fingerprint density at radius 2 is 1.90 bits per heavy atom. The van der Waals surface area contributed by atoms with Crippen molar-refractivity contribution in [2.24, 2.45) is 11.1 Å². The van der Waals surface area contributed by atoms with Crippen LogP contribution in [0.1, 0.15) is 31.0 Å². The molecule has 3 N–H and O–H groups in total. The maximum Gasteiger partial charge on any atom is 0.420 e. The van der Waals surface area contributed by atoms with E-state index in [1.807, 2.05) is 0 Å². The highest BCUT2D eigenvalue weighted by Gasteiger charge is 2.41. The van der Waals surface area contributed by atoms with Crippen LogP contribution in [0.2, 0.25) is 0 Å². The Hall–Kier alpha value is -1.28. The summed E-state index contributed by atoms with van der Waals surface area (Å²) in [5, 5.41) is 9.86. The van der Waals surface area contributed by atoms with Gasteiger partial charge in [0.2, 0.25) is 0 Å². The molecule has 0 aromatic heterocycles. The summed E-state index contributed by atoms with van der Waals surface area (Å²) in [4.78, 5) is 11.7. The number of ether oxygens (including phenoxy) is 1. The van der Waals surface area contributed by atoms with Crippen molar-refractivity contribution in [3.63, 3.8) is 0 Å². The summed E-state index contributed by atoms with van der Waals surface area (Å²) in [5.41, 5.74) is 3.17. The van der Waals surface area contributed by atoms with Crippen LogP contribution in [-0.2, 0) is 15.7 Å². The normalized spacial score (nSPS) is 13.9. The molecule has 0 fully saturated rings. The van der Waals surface area contributed by atoms with Crippen molar-refractivity contribution in [1.82, 2.24) is 0 Å². The van der Waals surface area contributed by atoms with Gasteiger partial charge in [-0.05, 0) is 26.0 Å². The highest BCUT2D eigenvalue weighted by molar-refractivity contribution is 9.10. The number of alkyl halides is 3. The third-order valence-corrected chi connectivity index (χ3v) is 3.69. The summed E-state index contributed by atoms with van der Waals surface area (Å²) in [6.07, 6.45) is -4.74. The minimum Gasteiger partial charge on any atom is -0.507 e. The van der Waals surface area contributed by atoms with E-state index in [2.05, 4.69) is 20.7 Å². The van der Waals surface area contributed by atoms with Crippen LogP contribution in [0.15, 0.2) is 16.6 Å². The summed E-state index contributed by atoms with van der Waals surface area (Å²) < 4.78 is 43.3. The molecule has 0 saturated carbocycles. The highest BCUT2D eigenvalue weighted by atomic mass is 79.9. The lowest BCUT2D eigenvalue weighted by atomic mass is 9.80. The van der Waals surface area contributed by atoms with Gasteiger partial charge in [-0.3, -0.25) is 4.79 Å². The smallest absolute Gasteiger partial charge is 0.420 e. The number of phenolic OH excluding ortho intramolecular Hbond substituents is 1. The van der Waals surface area contributed by atoms with Gasteiger partial charge in [0.15, 0.2) is 0 Å². The molecule has 1 aromatic rings. The Bertz CT molecular complexity index is 558. The zero-order valence-corrected chi connectivity index (χ0v) is 13.2. The molecule has 4 nitrogen and oxygen atoms in total. The number of benzene rings is 1. The fourth-order valence-corrected chi connectivity index (χ4v) is 2.33. The van der Waals surface area contributed by atoms with Crippen molar-refractivity contribution in [1.29, 1.82) is 0 Å². The molecule has 118 valence electrons. The minimum atomic E-state index is -4.74. The second-order valence-electron chi connectivity index (χ2n) is 5.08. The number of hydrogen-bond acceptors (Lipinski definition) is 4. The summed E-state index contributed by atoms with van der Waals surface area (Å²) in [6.45, 7) is 2.86. The van der Waals surface area contributed by atoms with Crippen molar-refractivity contribution in [2.45, 2.75) is 26.1 Å². The Kier molecular flexibility index (Phi) is 4.94. The molecule has 0 spiro atoms. The Morgan fingerprint density at radius 3 is 2.33 bits per heavy atom. The first kappa shape index (κ1) is 17.8. The molecule has 0 heterocycles. The van der Waals surface area contributed by atoms with Gasteiger partial charge in [0, 0.05) is 16.1 Å². The number of methoxy groups -OCH3 is 1. The SMILES string of the molecule is COC(=O)C(C)(C)[C@H](N)c1cc(Br)cc(C(F)(F)F)c1O. The Morgan fingerprint density at radius 1 is 1.38 bits per heavy atom. The molecule has 0 bridgehead atoms. The molecule has 1 rings (SSSR count). The third kappa shape index (κ3) is 3.49. The van der Waals surface area contributed by atoms with Crippen LogP contribution in [0, 0.1) is 5.41 Å². The first-order valence-electron chi connectivity index (χ1n) is 5.86. The second kappa shape index (κ2) is 5.84. The van der Waals surface area contributed by atoms with Crippen molar-refractivity contribution in [2.75, 3.05) is 7.11 Å². The monoisotopic (exact) mass is 369 g/mol. The number of carbonyl (C=O) groups is 1. The standard InChI is InChI=1S/C13H15BrF3NO3/c1-12(2,11(20)21-3)10(18)7-4-6(14)5-8(9(7)19)13(15,16)17/h4-5,10,19H,18H2,1-3H3/t10-/m1/s1. The fraction of sp³-hybridized carbons (Fsp3) is 0.462. The Labute approximate surface area is 128 Å². The molecule has 0 aliphatic carbocycles. The third-order valence-electron chi connectivity index (χ3n) is 3.23. The minimum absolute atomic E-state index is 0.0961. The van der Waals surface area contributed by atoms with Crippen LogP contribution >= 0.6 is 15.9 Å². The summed E-state index contributed by atoms with van der Waals surface area (Å²) in [7, 11) is 1.15. The highest BCUT2D eigenvalue weighted by Crippen LogP contribution is 2.44. The molecule has 0 unspecified atom stereocenters. The molecular formula is C13H15BrF3NO3. The van der Waals surface area contributed by atoms with E-state index in [0.29, 0.717) is 0 Å². The average Bonchev–Trinajstić information content (AvgIpc) is 2.37. The number of aromatic hydroxyl groups is 1. The number of phenols is 1. The summed E-state index contributed by atoms with van der Waals surface area (Å²) >= 11 is 2.95. The van der Waals surface area contributed by atoms with E-state index >= 15 is 0 Å². The van der Waals surface area contributed by atoms with Gasteiger partial charge >= 0.3 is 12.1 Å².